The molecule has 6 nitrogen and oxygen atoms in total. The van der Waals surface area contributed by atoms with Gasteiger partial charge in [-0.25, -0.2) is 0 Å². The van der Waals surface area contributed by atoms with E-state index in [4.69, 9.17) is 32.7 Å². The standard InChI is InChI=1S/C18H16Cl2N2O4/c1-18(2)25-14-6-4-11(8-15(14)26-18)22-16(23)9-21-17(24)10-3-5-12(19)13(20)7-10/h3-8H,9H2,1-2H3,(H,21,24)(H,22,23). The van der Waals surface area contributed by atoms with E-state index in [1.165, 1.54) is 18.2 Å². The van der Waals surface area contributed by atoms with Gasteiger partial charge in [0, 0.05) is 31.2 Å². The van der Waals surface area contributed by atoms with E-state index in [0.717, 1.165) is 0 Å². The van der Waals surface area contributed by atoms with Crippen LogP contribution in [0, 0.1) is 0 Å². The summed E-state index contributed by atoms with van der Waals surface area (Å²) in [5, 5.41) is 5.84. The highest BCUT2D eigenvalue weighted by molar-refractivity contribution is 6.42. The third-order valence-corrected chi connectivity index (χ3v) is 4.27. The molecule has 2 amide bonds. The van der Waals surface area contributed by atoms with E-state index in [9.17, 15) is 9.59 Å². The average molecular weight is 395 g/mol. The fourth-order valence-electron chi connectivity index (χ4n) is 2.41. The van der Waals surface area contributed by atoms with Crippen LogP contribution in [0.2, 0.25) is 10.0 Å². The van der Waals surface area contributed by atoms with Gasteiger partial charge in [0.05, 0.1) is 16.6 Å². The summed E-state index contributed by atoms with van der Waals surface area (Å²) >= 11 is 11.7. The normalized spacial score (nSPS) is 14.0. The van der Waals surface area contributed by atoms with Crippen molar-refractivity contribution < 1.29 is 19.1 Å². The molecule has 0 saturated carbocycles. The van der Waals surface area contributed by atoms with Gasteiger partial charge in [0.15, 0.2) is 11.5 Å². The number of hydrogen-bond donors (Lipinski definition) is 2. The van der Waals surface area contributed by atoms with Crippen molar-refractivity contribution in [2.24, 2.45) is 0 Å². The van der Waals surface area contributed by atoms with Crippen molar-refractivity contribution in [3.8, 4) is 11.5 Å². The summed E-state index contributed by atoms with van der Waals surface area (Å²) in [4.78, 5) is 24.1. The topological polar surface area (TPSA) is 76.7 Å². The maximum atomic E-state index is 12.1. The molecule has 2 N–H and O–H groups in total. The molecule has 0 saturated heterocycles. The van der Waals surface area contributed by atoms with Gasteiger partial charge in [-0.1, -0.05) is 23.2 Å². The zero-order valence-corrected chi connectivity index (χ0v) is 15.6. The van der Waals surface area contributed by atoms with Gasteiger partial charge in [-0.05, 0) is 30.3 Å². The number of benzene rings is 2. The maximum Gasteiger partial charge on any atom is 0.251 e. The number of fused-ring (bicyclic) bond motifs is 1. The summed E-state index contributed by atoms with van der Waals surface area (Å²) in [6.45, 7) is 3.40. The number of amides is 2. The second-order valence-electron chi connectivity index (χ2n) is 6.13. The Bertz CT molecular complexity index is 883. The van der Waals surface area contributed by atoms with Gasteiger partial charge in [-0.15, -0.1) is 0 Å². The molecule has 0 aromatic heterocycles. The smallest absolute Gasteiger partial charge is 0.251 e. The van der Waals surface area contributed by atoms with Crippen molar-refractivity contribution in [1.29, 1.82) is 0 Å². The quantitative estimate of drug-likeness (QED) is 0.824. The van der Waals surface area contributed by atoms with Crippen LogP contribution in [0.25, 0.3) is 0 Å². The number of anilines is 1. The molecule has 0 spiro atoms. The molecule has 2 aromatic rings. The lowest BCUT2D eigenvalue weighted by atomic mass is 10.2. The Morgan fingerprint density at radius 3 is 2.46 bits per heavy atom. The lowest BCUT2D eigenvalue weighted by Gasteiger charge is -2.16. The van der Waals surface area contributed by atoms with Crippen LogP contribution in [0.3, 0.4) is 0 Å². The van der Waals surface area contributed by atoms with Crippen molar-refractivity contribution in [3.63, 3.8) is 0 Å². The van der Waals surface area contributed by atoms with Gasteiger partial charge in [-0.2, -0.15) is 0 Å². The van der Waals surface area contributed by atoms with Crippen LogP contribution in [0.5, 0.6) is 11.5 Å². The number of carbonyl (C=O) groups excluding carboxylic acids is 2. The van der Waals surface area contributed by atoms with Crippen molar-refractivity contribution in [3.05, 3.63) is 52.0 Å². The Hall–Kier alpha value is -2.44. The van der Waals surface area contributed by atoms with Crippen LogP contribution in [-0.4, -0.2) is 24.1 Å². The van der Waals surface area contributed by atoms with Crippen molar-refractivity contribution >= 4 is 40.7 Å². The van der Waals surface area contributed by atoms with Gasteiger partial charge < -0.3 is 20.1 Å². The molecule has 0 radical (unpaired) electrons. The second kappa shape index (κ2) is 7.05. The minimum absolute atomic E-state index is 0.195. The summed E-state index contributed by atoms with van der Waals surface area (Å²) in [6, 6.07) is 9.57. The number of rotatable bonds is 4. The molecule has 0 aliphatic carbocycles. The van der Waals surface area contributed by atoms with Gasteiger partial charge >= 0.3 is 0 Å². The molecule has 136 valence electrons. The lowest BCUT2D eigenvalue weighted by Crippen LogP contribution is -2.32. The van der Waals surface area contributed by atoms with E-state index >= 15 is 0 Å². The van der Waals surface area contributed by atoms with Gasteiger partial charge in [0.25, 0.3) is 5.91 Å². The first-order valence-electron chi connectivity index (χ1n) is 7.79. The zero-order chi connectivity index (χ0) is 18.9. The highest BCUT2D eigenvalue weighted by atomic mass is 35.5. The predicted octanol–water partition coefficient (Wildman–Crippen LogP) is 3.87. The first kappa shape index (κ1) is 18.4. The van der Waals surface area contributed by atoms with Crippen LogP contribution in [0.4, 0.5) is 5.69 Å². The monoisotopic (exact) mass is 394 g/mol. The van der Waals surface area contributed by atoms with Crippen LogP contribution in [0.15, 0.2) is 36.4 Å². The van der Waals surface area contributed by atoms with Gasteiger partial charge in [-0.3, -0.25) is 9.59 Å². The molecule has 1 aliphatic heterocycles. The molecule has 0 fully saturated rings. The highest BCUT2D eigenvalue weighted by Gasteiger charge is 2.31. The SMILES string of the molecule is CC1(C)Oc2ccc(NC(=O)CNC(=O)c3ccc(Cl)c(Cl)c3)cc2O1. The van der Waals surface area contributed by atoms with Crippen molar-refractivity contribution in [1.82, 2.24) is 5.32 Å². The molecule has 0 unspecified atom stereocenters. The summed E-state index contributed by atoms with van der Waals surface area (Å²) < 4.78 is 11.2. The van der Waals surface area contributed by atoms with E-state index in [-0.39, 0.29) is 17.5 Å². The molecule has 1 aliphatic rings. The van der Waals surface area contributed by atoms with E-state index < -0.39 is 11.7 Å². The van der Waals surface area contributed by atoms with Gasteiger partial charge in [0.1, 0.15) is 0 Å². The molecule has 26 heavy (non-hydrogen) atoms. The molecule has 3 rings (SSSR count). The number of nitrogens with one attached hydrogen (secondary N) is 2. The summed E-state index contributed by atoms with van der Waals surface area (Å²) in [6.07, 6.45) is 0. The molecule has 0 bridgehead atoms. The van der Waals surface area contributed by atoms with Crippen LogP contribution >= 0.6 is 23.2 Å². The molecule has 0 atom stereocenters. The summed E-state index contributed by atoms with van der Waals surface area (Å²) in [5.74, 6) is -0.380. The first-order chi connectivity index (χ1) is 12.2. The Balaban J connectivity index is 1.56. The zero-order valence-electron chi connectivity index (χ0n) is 14.1. The molecule has 2 aromatic carbocycles. The van der Waals surface area contributed by atoms with Crippen molar-refractivity contribution in [2.45, 2.75) is 19.6 Å². The predicted molar refractivity (Wildman–Crippen MR) is 99.2 cm³/mol. The average Bonchev–Trinajstić information content (AvgIpc) is 2.88. The Labute approximate surface area is 160 Å². The number of carbonyl (C=O) groups is 2. The first-order valence-corrected chi connectivity index (χ1v) is 8.54. The fraction of sp³-hybridized carbons (Fsp3) is 0.222. The van der Waals surface area contributed by atoms with E-state index in [0.29, 0.717) is 27.8 Å². The third-order valence-electron chi connectivity index (χ3n) is 3.53. The molecule has 1 heterocycles. The molecule has 8 heteroatoms. The Morgan fingerprint density at radius 2 is 1.73 bits per heavy atom. The minimum Gasteiger partial charge on any atom is -0.449 e. The van der Waals surface area contributed by atoms with Crippen LogP contribution < -0.4 is 20.1 Å². The van der Waals surface area contributed by atoms with Gasteiger partial charge in [0.2, 0.25) is 11.7 Å². The highest BCUT2D eigenvalue weighted by Crippen LogP contribution is 2.40. The minimum atomic E-state index is -0.737. The Morgan fingerprint density at radius 1 is 1.00 bits per heavy atom. The molecular weight excluding hydrogens is 379 g/mol. The van der Waals surface area contributed by atoms with E-state index in [2.05, 4.69) is 10.6 Å². The summed E-state index contributed by atoms with van der Waals surface area (Å²) in [7, 11) is 0. The summed E-state index contributed by atoms with van der Waals surface area (Å²) in [5.41, 5.74) is 0.858. The maximum absolute atomic E-state index is 12.1. The fourth-order valence-corrected chi connectivity index (χ4v) is 2.70. The van der Waals surface area contributed by atoms with Crippen LogP contribution in [-0.2, 0) is 4.79 Å². The van der Waals surface area contributed by atoms with E-state index in [1.807, 2.05) is 0 Å². The van der Waals surface area contributed by atoms with E-state index in [1.54, 1.807) is 32.0 Å². The Kier molecular flexibility index (Phi) is 4.98. The largest absolute Gasteiger partial charge is 0.449 e. The number of halogens is 2. The second-order valence-corrected chi connectivity index (χ2v) is 6.94. The molecular formula is C18H16Cl2N2O4. The lowest BCUT2D eigenvalue weighted by molar-refractivity contribution is -0.115. The van der Waals surface area contributed by atoms with Crippen LogP contribution in [0.1, 0.15) is 24.2 Å². The number of ether oxygens (including phenoxy) is 2. The number of hydrogen-bond acceptors (Lipinski definition) is 4. The van der Waals surface area contributed by atoms with Crippen molar-refractivity contribution in [2.75, 3.05) is 11.9 Å². The third kappa shape index (κ3) is 4.20.